The largest absolute Gasteiger partial charge is 0.507 e. The van der Waals surface area contributed by atoms with Crippen molar-refractivity contribution in [3.05, 3.63) is 58.4 Å². The van der Waals surface area contributed by atoms with E-state index in [0.717, 1.165) is 41.7 Å². The summed E-state index contributed by atoms with van der Waals surface area (Å²) >= 11 is 0. The van der Waals surface area contributed by atoms with Crippen molar-refractivity contribution in [2.45, 2.75) is 25.5 Å². The van der Waals surface area contributed by atoms with E-state index in [1.165, 1.54) is 6.07 Å². The molecular weight excluding hydrogens is 358 g/mol. The maximum absolute atomic E-state index is 12.2. The molecule has 1 aromatic heterocycles. The van der Waals surface area contributed by atoms with E-state index in [0.29, 0.717) is 24.2 Å². The Morgan fingerprint density at radius 2 is 2.04 bits per heavy atom. The summed E-state index contributed by atoms with van der Waals surface area (Å²) in [6, 6.07) is 12.4. The number of fused-ring (bicyclic) bond motifs is 1. The first kappa shape index (κ1) is 18.5. The maximum atomic E-state index is 12.2. The second-order valence-corrected chi connectivity index (χ2v) is 6.91. The molecule has 6 nitrogen and oxygen atoms in total. The highest BCUT2D eigenvalue weighted by atomic mass is 16.5. The van der Waals surface area contributed by atoms with Crippen molar-refractivity contribution >= 4 is 11.0 Å². The van der Waals surface area contributed by atoms with Gasteiger partial charge in [-0.05, 0) is 48.2 Å². The zero-order valence-electron chi connectivity index (χ0n) is 15.7. The quantitative estimate of drug-likeness (QED) is 0.637. The predicted octanol–water partition coefficient (Wildman–Crippen LogP) is 3.44. The lowest BCUT2D eigenvalue weighted by molar-refractivity contribution is 0.110. The van der Waals surface area contributed by atoms with Gasteiger partial charge >= 0.3 is 5.63 Å². The standard InChI is InChI=1S/C22H23NO5/c1-26-15-6-4-14(5-7-15)18-11-21(25)28-22-17(18)8-9-20(24)19(22)13-23-12-16-3-2-10-27-16/h4-9,11,16,23-24H,2-3,10,12-13H2,1H3. The summed E-state index contributed by atoms with van der Waals surface area (Å²) < 4.78 is 16.3. The van der Waals surface area contributed by atoms with Gasteiger partial charge in [0.05, 0.1) is 18.8 Å². The summed E-state index contributed by atoms with van der Waals surface area (Å²) in [6.45, 7) is 1.88. The fourth-order valence-corrected chi connectivity index (χ4v) is 3.62. The van der Waals surface area contributed by atoms with Crippen LogP contribution in [0.4, 0.5) is 0 Å². The number of aromatic hydroxyl groups is 1. The van der Waals surface area contributed by atoms with Crippen molar-refractivity contribution in [1.82, 2.24) is 5.32 Å². The summed E-state index contributed by atoms with van der Waals surface area (Å²) in [4.78, 5) is 12.2. The number of phenolic OH excluding ortho intramolecular Hbond substituents is 1. The van der Waals surface area contributed by atoms with Gasteiger partial charge in [0.2, 0.25) is 0 Å². The number of ether oxygens (including phenoxy) is 2. The van der Waals surface area contributed by atoms with Crippen LogP contribution < -0.4 is 15.7 Å². The van der Waals surface area contributed by atoms with Gasteiger partial charge in [-0.2, -0.15) is 0 Å². The molecule has 0 bridgehead atoms. The summed E-state index contributed by atoms with van der Waals surface area (Å²) in [5.41, 5.74) is 2.15. The monoisotopic (exact) mass is 381 g/mol. The van der Waals surface area contributed by atoms with Crippen molar-refractivity contribution in [1.29, 1.82) is 0 Å². The van der Waals surface area contributed by atoms with E-state index in [9.17, 15) is 9.90 Å². The topological polar surface area (TPSA) is 80.9 Å². The van der Waals surface area contributed by atoms with Gasteiger partial charge in [0, 0.05) is 31.1 Å². The Bertz CT molecular complexity index is 1020. The molecule has 2 N–H and O–H groups in total. The van der Waals surface area contributed by atoms with E-state index in [4.69, 9.17) is 13.9 Å². The van der Waals surface area contributed by atoms with E-state index >= 15 is 0 Å². The van der Waals surface area contributed by atoms with Crippen LogP contribution in [0.25, 0.3) is 22.1 Å². The van der Waals surface area contributed by atoms with Crippen LogP contribution in [0.2, 0.25) is 0 Å². The second kappa shape index (κ2) is 8.04. The average Bonchev–Trinajstić information content (AvgIpc) is 3.23. The molecule has 0 saturated carbocycles. The molecule has 1 unspecified atom stereocenters. The zero-order valence-corrected chi connectivity index (χ0v) is 15.7. The molecule has 2 heterocycles. The van der Waals surface area contributed by atoms with Crippen molar-refractivity contribution in [3.8, 4) is 22.6 Å². The third-order valence-electron chi connectivity index (χ3n) is 5.09. The number of phenols is 1. The SMILES string of the molecule is COc1ccc(-c2cc(=O)oc3c(CNCC4CCCO4)c(O)ccc23)cc1. The van der Waals surface area contributed by atoms with E-state index in [-0.39, 0.29) is 11.9 Å². The third kappa shape index (κ3) is 3.74. The van der Waals surface area contributed by atoms with Crippen LogP contribution in [0.1, 0.15) is 18.4 Å². The molecular formula is C22H23NO5. The Hall–Kier alpha value is -2.83. The first-order chi connectivity index (χ1) is 13.7. The average molecular weight is 381 g/mol. The number of rotatable bonds is 6. The second-order valence-electron chi connectivity index (χ2n) is 6.91. The molecule has 4 rings (SSSR count). The summed E-state index contributed by atoms with van der Waals surface area (Å²) in [5, 5.41) is 14.5. The van der Waals surface area contributed by atoms with Gasteiger partial charge in [-0.1, -0.05) is 12.1 Å². The lowest BCUT2D eigenvalue weighted by Crippen LogP contribution is -2.26. The molecule has 0 spiro atoms. The van der Waals surface area contributed by atoms with Gasteiger partial charge in [0.1, 0.15) is 17.1 Å². The Labute approximate surface area is 162 Å². The van der Waals surface area contributed by atoms with Gasteiger partial charge < -0.3 is 24.3 Å². The molecule has 146 valence electrons. The lowest BCUT2D eigenvalue weighted by Gasteiger charge is -2.14. The minimum atomic E-state index is -0.454. The lowest BCUT2D eigenvalue weighted by atomic mass is 9.99. The Kier molecular flexibility index (Phi) is 5.32. The van der Waals surface area contributed by atoms with Gasteiger partial charge in [0.25, 0.3) is 0 Å². The highest BCUT2D eigenvalue weighted by Gasteiger charge is 2.17. The van der Waals surface area contributed by atoms with Crippen LogP contribution in [-0.2, 0) is 11.3 Å². The fourth-order valence-electron chi connectivity index (χ4n) is 3.62. The predicted molar refractivity (Wildman–Crippen MR) is 107 cm³/mol. The minimum Gasteiger partial charge on any atom is -0.507 e. The van der Waals surface area contributed by atoms with Gasteiger partial charge in [-0.3, -0.25) is 0 Å². The molecule has 1 fully saturated rings. The number of hydrogen-bond donors (Lipinski definition) is 2. The van der Waals surface area contributed by atoms with Crippen molar-refractivity contribution in [3.63, 3.8) is 0 Å². The van der Waals surface area contributed by atoms with Crippen LogP contribution >= 0.6 is 0 Å². The van der Waals surface area contributed by atoms with Crippen LogP contribution in [0, 0.1) is 0 Å². The van der Waals surface area contributed by atoms with Gasteiger partial charge in [-0.25, -0.2) is 4.79 Å². The Balaban J connectivity index is 1.70. The summed E-state index contributed by atoms with van der Waals surface area (Å²) in [6.07, 6.45) is 2.30. The minimum absolute atomic E-state index is 0.0994. The van der Waals surface area contributed by atoms with Crippen molar-refractivity contribution in [2.75, 3.05) is 20.3 Å². The molecule has 3 aromatic rings. The molecule has 0 aliphatic carbocycles. The molecule has 1 saturated heterocycles. The first-order valence-corrected chi connectivity index (χ1v) is 9.41. The maximum Gasteiger partial charge on any atom is 0.336 e. The van der Waals surface area contributed by atoms with Crippen LogP contribution in [-0.4, -0.2) is 31.5 Å². The van der Waals surface area contributed by atoms with Crippen LogP contribution in [0.5, 0.6) is 11.5 Å². The van der Waals surface area contributed by atoms with E-state index in [2.05, 4.69) is 5.32 Å². The first-order valence-electron chi connectivity index (χ1n) is 9.41. The molecule has 1 atom stereocenters. The van der Waals surface area contributed by atoms with Crippen molar-refractivity contribution in [2.24, 2.45) is 0 Å². The van der Waals surface area contributed by atoms with Crippen LogP contribution in [0.15, 0.2) is 51.7 Å². The molecule has 1 aliphatic rings. The van der Waals surface area contributed by atoms with E-state index in [1.54, 1.807) is 19.2 Å². The molecule has 2 aromatic carbocycles. The zero-order chi connectivity index (χ0) is 19.5. The Morgan fingerprint density at radius 1 is 1.21 bits per heavy atom. The number of methoxy groups -OCH3 is 1. The molecule has 1 aliphatic heterocycles. The fraction of sp³-hybridized carbons (Fsp3) is 0.318. The van der Waals surface area contributed by atoms with Gasteiger partial charge in [-0.15, -0.1) is 0 Å². The smallest absolute Gasteiger partial charge is 0.336 e. The van der Waals surface area contributed by atoms with E-state index < -0.39 is 5.63 Å². The van der Waals surface area contributed by atoms with Gasteiger partial charge in [0.15, 0.2) is 0 Å². The number of nitrogens with one attached hydrogen (secondary N) is 1. The molecule has 28 heavy (non-hydrogen) atoms. The van der Waals surface area contributed by atoms with Crippen molar-refractivity contribution < 1.29 is 19.0 Å². The summed E-state index contributed by atoms with van der Waals surface area (Å²) in [7, 11) is 1.61. The molecule has 6 heteroatoms. The molecule has 0 amide bonds. The van der Waals surface area contributed by atoms with Crippen LogP contribution in [0.3, 0.4) is 0 Å². The molecule has 0 radical (unpaired) electrons. The Morgan fingerprint density at radius 3 is 2.75 bits per heavy atom. The number of benzene rings is 2. The highest BCUT2D eigenvalue weighted by molar-refractivity contribution is 5.95. The normalized spacial score (nSPS) is 16.5. The highest BCUT2D eigenvalue weighted by Crippen LogP contribution is 2.33. The third-order valence-corrected chi connectivity index (χ3v) is 5.09. The summed E-state index contributed by atoms with van der Waals surface area (Å²) in [5.74, 6) is 0.843. The number of hydrogen-bond acceptors (Lipinski definition) is 6. The van der Waals surface area contributed by atoms with E-state index in [1.807, 2.05) is 24.3 Å².